The van der Waals surface area contributed by atoms with E-state index in [0.717, 1.165) is 50.3 Å². The Morgan fingerprint density at radius 3 is 1.82 bits per heavy atom. The molecule has 1 aromatic rings. The quantitative estimate of drug-likeness (QED) is 0.395. The van der Waals surface area contributed by atoms with Gasteiger partial charge in [0.2, 0.25) is 0 Å². The first kappa shape index (κ1) is 26.4. The predicted molar refractivity (Wildman–Crippen MR) is 114 cm³/mol. The van der Waals surface area contributed by atoms with E-state index >= 15 is 0 Å². The standard InChI is InChI=1S/C20H33NO5.C2H6/c1-18(22)17-25-15-5-13-23-11-3-4-12-24-14-6-16-26-20-9-7-19(21-2)8-10-20;1-2/h7-10,21H,3-6,11-17H2,1-2H3;1-2H3. The number of carbonyl (C=O) groups is 1. The fraction of sp³-hybridized carbons (Fsp3) is 0.682. The van der Waals surface area contributed by atoms with Crippen LogP contribution in [0.15, 0.2) is 24.3 Å². The second-order valence-electron chi connectivity index (χ2n) is 6.02. The minimum absolute atomic E-state index is 0.0562. The lowest BCUT2D eigenvalue weighted by molar-refractivity contribution is -0.121. The van der Waals surface area contributed by atoms with Gasteiger partial charge in [-0.15, -0.1) is 0 Å². The molecule has 0 unspecified atom stereocenters. The molecular formula is C22H39NO5. The smallest absolute Gasteiger partial charge is 0.155 e. The summed E-state index contributed by atoms with van der Waals surface area (Å²) in [6, 6.07) is 7.91. The summed E-state index contributed by atoms with van der Waals surface area (Å²) >= 11 is 0. The highest BCUT2D eigenvalue weighted by Crippen LogP contribution is 2.15. The fourth-order valence-corrected chi connectivity index (χ4v) is 2.16. The number of ketones is 1. The van der Waals surface area contributed by atoms with Gasteiger partial charge in [0.15, 0.2) is 5.78 Å². The van der Waals surface area contributed by atoms with Crippen LogP contribution >= 0.6 is 0 Å². The molecule has 0 saturated heterocycles. The van der Waals surface area contributed by atoms with Crippen molar-refractivity contribution >= 4 is 11.5 Å². The number of hydrogen-bond acceptors (Lipinski definition) is 6. The number of rotatable bonds is 17. The number of unbranched alkanes of at least 4 members (excludes halogenated alkanes) is 1. The molecule has 162 valence electrons. The van der Waals surface area contributed by atoms with Gasteiger partial charge in [-0.2, -0.15) is 0 Å². The van der Waals surface area contributed by atoms with Crippen molar-refractivity contribution in [3.63, 3.8) is 0 Å². The zero-order valence-electron chi connectivity index (χ0n) is 18.1. The number of nitrogens with one attached hydrogen (secondary N) is 1. The maximum absolute atomic E-state index is 10.7. The van der Waals surface area contributed by atoms with Gasteiger partial charge in [-0.05, 0) is 50.5 Å². The summed E-state index contributed by atoms with van der Waals surface area (Å²) in [6.07, 6.45) is 3.68. The molecule has 0 amide bonds. The summed E-state index contributed by atoms with van der Waals surface area (Å²) < 4.78 is 21.9. The van der Waals surface area contributed by atoms with Crippen LogP contribution in [-0.4, -0.2) is 59.1 Å². The second-order valence-corrected chi connectivity index (χ2v) is 6.02. The lowest BCUT2D eigenvalue weighted by Crippen LogP contribution is -2.08. The Balaban J connectivity index is 0.00000352. The molecule has 6 heteroatoms. The number of benzene rings is 1. The van der Waals surface area contributed by atoms with Gasteiger partial charge in [-0.1, -0.05) is 13.8 Å². The maximum atomic E-state index is 10.7. The SMILES string of the molecule is CC.CNc1ccc(OCCCOCCCCOCCCOCC(C)=O)cc1. The van der Waals surface area contributed by atoms with Crippen molar-refractivity contribution in [2.24, 2.45) is 0 Å². The van der Waals surface area contributed by atoms with Crippen molar-refractivity contribution in [3.8, 4) is 5.75 Å². The van der Waals surface area contributed by atoms with Gasteiger partial charge in [-0.3, -0.25) is 4.79 Å². The number of hydrogen-bond donors (Lipinski definition) is 1. The molecule has 0 aliphatic carbocycles. The normalized spacial score (nSPS) is 10.1. The molecule has 0 heterocycles. The molecule has 0 aromatic heterocycles. The minimum Gasteiger partial charge on any atom is -0.494 e. The van der Waals surface area contributed by atoms with Crippen LogP contribution in [0.3, 0.4) is 0 Å². The molecule has 6 nitrogen and oxygen atoms in total. The number of ether oxygens (including phenoxy) is 4. The lowest BCUT2D eigenvalue weighted by atomic mass is 10.3. The summed E-state index contributed by atoms with van der Waals surface area (Å²) in [5.74, 6) is 0.938. The van der Waals surface area contributed by atoms with Crippen LogP contribution in [-0.2, 0) is 19.0 Å². The zero-order chi connectivity index (χ0) is 20.9. The van der Waals surface area contributed by atoms with Crippen LogP contribution in [0.1, 0.15) is 46.5 Å². The Kier molecular flexibility index (Phi) is 18.9. The van der Waals surface area contributed by atoms with Gasteiger partial charge in [0.1, 0.15) is 12.4 Å². The number of Topliss-reactive ketones (excluding diaryl/α,β-unsaturated/α-hetero) is 1. The third-order valence-corrected chi connectivity index (χ3v) is 3.55. The van der Waals surface area contributed by atoms with Crippen LogP contribution in [0.25, 0.3) is 0 Å². The van der Waals surface area contributed by atoms with E-state index in [9.17, 15) is 4.79 Å². The highest BCUT2D eigenvalue weighted by molar-refractivity contribution is 5.76. The molecule has 0 radical (unpaired) electrons. The van der Waals surface area contributed by atoms with E-state index < -0.39 is 0 Å². The molecule has 28 heavy (non-hydrogen) atoms. The van der Waals surface area contributed by atoms with E-state index in [1.165, 1.54) is 6.92 Å². The maximum Gasteiger partial charge on any atom is 0.155 e. The van der Waals surface area contributed by atoms with E-state index in [1.54, 1.807) is 0 Å². The van der Waals surface area contributed by atoms with Crippen molar-refractivity contribution in [3.05, 3.63) is 24.3 Å². The third-order valence-electron chi connectivity index (χ3n) is 3.55. The summed E-state index contributed by atoms with van der Waals surface area (Å²) in [4.78, 5) is 10.7. The van der Waals surface area contributed by atoms with Gasteiger partial charge in [0, 0.05) is 52.2 Å². The van der Waals surface area contributed by atoms with Crippen molar-refractivity contribution in [2.75, 3.05) is 58.6 Å². The Bertz CT molecular complexity index is 464. The molecule has 1 aromatic carbocycles. The first-order chi connectivity index (χ1) is 13.7. The van der Waals surface area contributed by atoms with Gasteiger partial charge in [0.25, 0.3) is 0 Å². The highest BCUT2D eigenvalue weighted by atomic mass is 16.5. The van der Waals surface area contributed by atoms with Crippen molar-refractivity contribution in [2.45, 2.75) is 46.5 Å². The topological polar surface area (TPSA) is 66.0 Å². The Morgan fingerprint density at radius 1 is 0.786 bits per heavy atom. The van der Waals surface area contributed by atoms with E-state index in [4.69, 9.17) is 18.9 Å². The number of anilines is 1. The van der Waals surface area contributed by atoms with Crippen LogP contribution < -0.4 is 10.1 Å². The Morgan fingerprint density at radius 2 is 1.29 bits per heavy atom. The van der Waals surface area contributed by atoms with E-state index in [0.29, 0.717) is 26.4 Å². The molecule has 1 rings (SSSR count). The average molecular weight is 398 g/mol. The molecule has 0 atom stereocenters. The Hall–Kier alpha value is -1.63. The second kappa shape index (κ2) is 20.1. The van der Waals surface area contributed by atoms with Crippen LogP contribution in [0.4, 0.5) is 5.69 Å². The van der Waals surface area contributed by atoms with Gasteiger partial charge < -0.3 is 24.3 Å². The summed E-state index contributed by atoms with van der Waals surface area (Å²) in [7, 11) is 1.90. The van der Waals surface area contributed by atoms with E-state index in [-0.39, 0.29) is 12.4 Å². The van der Waals surface area contributed by atoms with Gasteiger partial charge in [-0.25, -0.2) is 0 Å². The molecule has 0 aliphatic rings. The summed E-state index contributed by atoms with van der Waals surface area (Å²) in [5.41, 5.74) is 1.07. The molecule has 0 bridgehead atoms. The largest absolute Gasteiger partial charge is 0.494 e. The fourth-order valence-electron chi connectivity index (χ4n) is 2.16. The summed E-state index contributed by atoms with van der Waals surface area (Å²) in [5, 5.41) is 3.08. The first-order valence-corrected chi connectivity index (χ1v) is 10.4. The Labute approximate surface area is 170 Å². The monoisotopic (exact) mass is 397 g/mol. The van der Waals surface area contributed by atoms with Crippen LogP contribution in [0, 0.1) is 0 Å². The molecule has 0 aliphatic heterocycles. The predicted octanol–water partition coefficient (Wildman–Crippen LogP) is 4.33. The van der Waals surface area contributed by atoms with E-state index in [1.807, 2.05) is 45.2 Å². The lowest BCUT2D eigenvalue weighted by Gasteiger charge is -2.08. The molecular weight excluding hydrogens is 358 g/mol. The molecule has 0 fully saturated rings. The minimum atomic E-state index is 0.0562. The number of carbonyl (C=O) groups excluding carboxylic acids is 1. The summed E-state index contributed by atoms with van der Waals surface area (Å²) in [6.45, 7) is 9.83. The van der Waals surface area contributed by atoms with Crippen LogP contribution in [0.2, 0.25) is 0 Å². The molecule has 0 spiro atoms. The molecule has 0 saturated carbocycles. The van der Waals surface area contributed by atoms with Gasteiger partial charge >= 0.3 is 0 Å². The molecule has 1 N–H and O–H groups in total. The zero-order valence-corrected chi connectivity index (χ0v) is 18.1. The first-order valence-electron chi connectivity index (χ1n) is 10.4. The van der Waals surface area contributed by atoms with Crippen LogP contribution in [0.5, 0.6) is 5.75 Å². The van der Waals surface area contributed by atoms with Crippen molar-refractivity contribution in [1.29, 1.82) is 0 Å². The average Bonchev–Trinajstić information content (AvgIpc) is 2.72. The van der Waals surface area contributed by atoms with Gasteiger partial charge in [0.05, 0.1) is 6.61 Å². The third kappa shape index (κ3) is 16.5. The van der Waals surface area contributed by atoms with Crippen molar-refractivity contribution < 1.29 is 23.7 Å². The van der Waals surface area contributed by atoms with E-state index in [2.05, 4.69) is 5.32 Å². The highest BCUT2D eigenvalue weighted by Gasteiger charge is 1.96. The van der Waals surface area contributed by atoms with Crippen molar-refractivity contribution in [1.82, 2.24) is 0 Å².